The average Bonchev–Trinajstić information content (AvgIpc) is 2.41. The van der Waals surface area contributed by atoms with E-state index in [0.717, 1.165) is 0 Å². The van der Waals surface area contributed by atoms with Gasteiger partial charge in [0.25, 0.3) is 0 Å². The minimum absolute atomic E-state index is 0. The Bertz CT molecular complexity index is 474. The predicted octanol–water partition coefficient (Wildman–Crippen LogP) is -2.76. The van der Waals surface area contributed by atoms with E-state index in [1.54, 1.807) is 24.3 Å². The molecule has 0 atom stereocenters. The molecule has 0 bridgehead atoms. The maximum absolute atomic E-state index is 10.0. The van der Waals surface area contributed by atoms with Gasteiger partial charge in [-0.2, -0.15) is 0 Å². The molecule has 0 amide bonds. The quantitative estimate of drug-likeness (QED) is 0.538. The number of aromatic carboxylic acids is 2. The first-order valence-corrected chi connectivity index (χ1v) is 4.86. The Morgan fingerprint density at radius 3 is 1.24 bits per heavy atom. The second-order valence-electron chi connectivity index (χ2n) is 3.00. The Kier molecular flexibility index (Phi) is 14.4. The van der Waals surface area contributed by atoms with Crippen LogP contribution in [0, 0.1) is 0 Å². The van der Waals surface area contributed by atoms with Gasteiger partial charge < -0.3 is 30.8 Å². The summed E-state index contributed by atoms with van der Waals surface area (Å²) in [7, 11) is 0. The van der Waals surface area contributed by atoms with Crippen LogP contribution in [0.1, 0.15) is 21.0 Å². The fraction of sp³-hybridized carbons (Fsp3) is 0. The van der Waals surface area contributed by atoms with Crippen molar-refractivity contribution in [3.8, 4) is 0 Å². The van der Waals surface area contributed by atoms with Crippen LogP contribution in [0.15, 0.2) is 48.8 Å². The van der Waals surface area contributed by atoms with Gasteiger partial charge in [-0.1, -0.05) is 12.1 Å². The zero-order valence-electron chi connectivity index (χ0n) is 10.5. The first-order valence-electron chi connectivity index (χ1n) is 4.86. The van der Waals surface area contributed by atoms with E-state index in [0.29, 0.717) is 0 Å². The van der Waals surface area contributed by atoms with E-state index in [1.807, 2.05) is 0 Å². The van der Waals surface area contributed by atoms with Crippen molar-refractivity contribution < 1.29 is 47.8 Å². The van der Waals surface area contributed by atoms with Crippen molar-refractivity contribution in [1.82, 2.24) is 9.97 Å². The molecule has 0 aromatic carbocycles. The van der Waals surface area contributed by atoms with Crippen LogP contribution < -0.4 is 10.2 Å². The largest absolute Gasteiger partial charge is 2.00 e. The van der Waals surface area contributed by atoms with E-state index >= 15 is 0 Å². The summed E-state index contributed by atoms with van der Waals surface area (Å²) >= 11 is 0. The van der Waals surface area contributed by atoms with Crippen molar-refractivity contribution >= 4 is 11.9 Å². The molecule has 21 heavy (non-hydrogen) atoms. The van der Waals surface area contributed by atoms with Gasteiger partial charge >= 0.3 is 17.1 Å². The van der Waals surface area contributed by atoms with E-state index in [2.05, 4.69) is 9.97 Å². The van der Waals surface area contributed by atoms with Gasteiger partial charge in [-0.25, -0.2) is 0 Å². The fourth-order valence-electron chi connectivity index (χ4n) is 0.967. The standard InChI is InChI=1S/2C6H5NO2.Fe.2H2O/c2*8-6(9)5-3-1-2-4-7-5;;;/h2*1-4H,(H,8,9);;2*1H2/q;;+2;;/p-2. The van der Waals surface area contributed by atoms with Crippen LogP contribution in [0.3, 0.4) is 0 Å². The molecule has 2 heterocycles. The Morgan fingerprint density at radius 1 is 0.762 bits per heavy atom. The maximum Gasteiger partial charge on any atom is 2.00 e. The summed E-state index contributed by atoms with van der Waals surface area (Å²) in [6, 6.07) is 9.25. The molecular weight excluding hydrogens is 324 g/mol. The summed E-state index contributed by atoms with van der Waals surface area (Å²) in [5, 5.41) is 20.1. The molecule has 0 fully saturated rings. The Balaban J connectivity index is -0.000000270. The van der Waals surface area contributed by atoms with Gasteiger partial charge in [-0.05, 0) is 24.3 Å². The number of hydrogen-bond acceptors (Lipinski definition) is 6. The molecule has 114 valence electrons. The zero-order valence-corrected chi connectivity index (χ0v) is 11.6. The number of carboxylic acid groups (broad SMARTS) is 2. The van der Waals surface area contributed by atoms with Gasteiger partial charge in [0.1, 0.15) is 0 Å². The molecule has 2 aromatic rings. The first-order chi connectivity index (χ1) is 8.61. The van der Waals surface area contributed by atoms with Crippen molar-refractivity contribution in [3.05, 3.63) is 60.2 Å². The number of pyridine rings is 2. The molecule has 0 aliphatic heterocycles. The molecule has 0 saturated heterocycles. The van der Waals surface area contributed by atoms with Gasteiger partial charge in [0.05, 0.1) is 23.3 Å². The summed E-state index contributed by atoms with van der Waals surface area (Å²) < 4.78 is 0. The molecule has 0 saturated carbocycles. The van der Waals surface area contributed by atoms with Crippen LogP contribution in [0.4, 0.5) is 0 Å². The van der Waals surface area contributed by atoms with Crippen molar-refractivity contribution in [2.24, 2.45) is 0 Å². The van der Waals surface area contributed by atoms with Crippen molar-refractivity contribution in [2.45, 2.75) is 0 Å². The minimum atomic E-state index is -1.24. The molecule has 2 aromatic heterocycles. The number of nitrogens with zero attached hydrogens (tertiary/aromatic N) is 2. The van der Waals surface area contributed by atoms with Gasteiger partial charge in [0.2, 0.25) is 0 Å². The molecule has 8 nitrogen and oxygen atoms in total. The van der Waals surface area contributed by atoms with E-state index in [1.165, 1.54) is 24.5 Å². The van der Waals surface area contributed by atoms with Gasteiger partial charge in [0, 0.05) is 12.4 Å². The van der Waals surface area contributed by atoms with E-state index in [4.69, 9.17) is 0 Å². The summed E-state index contributed by atoms with van der Waals surface area (Å²) in [5.74, 6) is -2.48. The second kappa shape index (κ2) is 12.7. The average molecular weight is 336 g/mol. The van der Waals surface area contributed by atoms with Gasteiger partial charge in [-0.15, -0.1) is 0 Å². The second-order valence-corrected chi connectivity index (χ2v) is 3.00. The van der Waals surface area contributed by atoms with Crippen molar-refractivity contribution in [2.75, 3.05) is 0 Å². The molecule has 9 heteroatoms. The fourth-order valence-corrected chi connectivity index (χ4v) is 0.967. The number of carboxylic acids is 2. The summed E-state index contributed by atoms with van der Waals surface area (Å²) in [6.07, 6.45) is 2.82. The summed E-state index contributed by atoms with van der Waals surface area (Å²) in [6.45, 7) is 0. The Hall–Kier alpha value is -2.32. The Morgan fingerprint density at radius 2 is 1.10 bits per heavy atom. The SMILES string of the molecule is O.O.O=C([O-])c1ccccn1.O=C([O-])c1ccccn1.[Fe+2]. The van der Waals surface area contributed by atoms with Crippen LogP contribution in [-0.4, -0.2) is 32.9 Å². The molecule has 0 unspecified atom stereocenters. The van der Waals surface area contributed by atoms with Crippen LogP contribution in [-0.2, 0) is 17.1 Å². The summed E-state index contributed by atoms with van der Waals surface area (Å²) in [4.78, 5) is 27.1. The molecule has 0 spiro atoms. The molecule has 4 N–H and O–H groups in total. The third-order valence-corrected chi connectivity index (χ3v) is 1.75. The topological polar surface area (TPSA) is 169 Å². The third kappa shape index (κ3) is 9.25. The zero-order chi connectivity index (χ0) is 13.4. The maximum atomic E-state index is 10.0. The van der Waals surface area contributed by atoms with Crippen molar-refractivity contribution in [3.63, 3.8) is 0 Å². The molecule has 0 aliphatic rings. The number of rotatable bonds is 2. The Labute approximate surface area is 130 Å². The van der Waals surface area contributed by atoms with Crippen LogP contribution in [0.25, 0.3) is 0 Å². The number of carbonyl (C=O) groups is 2. The normalized spacial score (nSPS) is 7.62. The monoisotopic (exact) mass is 336 g/mol. The first kappa shape index (κ1) is 23.7. The van der Waals surface area contributed by atoms with Crippen LogP contribution in [0.5, 0.6) is 0 Å². The molecule has 2 rings (SSSR count). The molecule has 0 aliphatic carbocycles. The predicted molar refractivity (Wildman–Crippen MR) is 64.4 cm³/mol. The van der Waals surface area contributed by atoms with Crippen LogP contribution >= 0.6 is 0 Å². The van der Waals surface area contributed by atoms with Gasteiger partial charge in [-0.3, -0.25) is 9.97 Å². The van der Waals surface area contributed by atoms with E-state index in [9.17, 15) is 19.8 Å². The number of aromatic nitrogens is 2. The minimum Gasteiger partial charge on any atom is -0.543 e. The van der Waals surface area contributed by atoms with Gasteiger partial charge in [0.15, 0.2) is 0 Å². The van der Waals surface area contributed by atoms with E-state index < -0.39 is 11.9 Å². The van der Waals surface area contributed by atoms with Crippen molar-refractivity contribution in [1.29, 1.82) is 0 Å². The van der Waals surface area contributed by atoms with E-state index in [-0.39, 0.29) is 39.4 Å². The van der Waals surface area contributed by atoms with Crippen LogP contribution in [0.2, 0.25) is 0 Å². The number of carbonyl (C=O) groups excluding carboxylic acids is 2. The molecular formula is C12H12FeN2O6. The summed E-state index contributed by atoms with van der Waals surface area (Å²) in [5.41, 5.74) is -0.0602. The molecule has 0 radical (unpaired) electrons. The third-order valence-electron chi connectivity index (χ3n) is 1.75. The smallest absolute Gasteiger partial charge is 0.543 e. The number of hydrogen-bond donors (Lipinski definition) is 0.